The van der Waals surface area contributed by atoms with Crippen LogP contribution in [0.1, 0.15) is 25.0 Å². The van der Waals surface area contributed by atoms with Crippen molar-refractivity contribution in [2.24, 2.45) is 0 Å². The summed E-state index contributed by atoms with van der Waals surface area (Å²) in [4.78, 5) is 24.3. The van der Waals surface area contributed by atoms with Gasteiger partial charge in [0, 0.05) is 17.1 Å². The van der Waals surface area contributed by atoms with Gasteiger partial charge in [0.15, 0.2) is 0 Å². The van der Waals surface area contributed by atoms with E-state index in [1.165, 1.54) is 0 Å². The molecule has 0 aromatic heterocycles. The highest BCUT2D eigenvalue weighted by atomic mass is 35.5. The van der Waals surface area contributed by atoms with Gasteiger partial charge >= 0.3 is 12.0 Å². The van der Waals surface area contributed by atoms with E-state index >= 15 is 0 Å². The quantitative estimate of drug-likeness (QED) is 0.889. The smallest absolute Gasteiger partial charge is 0.317 e. The molecule has 22 heavy (non-hydrogen) atoms. The van der Waals surface area contributed by atoms with Crippen molar-refractivity contribution in [1.82, 2.24) is 10.2 Å². The SMILES string of the molecule is CC1COC(c2ccccc2Cl)CN1C(=O)NCCC(=O)O. The molecule has 0 spiro atoms. The number of carboxylic acid groups (broad SMARTS) is 1. The molecule has 1 aliphatic heterocycles. The van der Waals surface area contributed by atoms with Crippen molar-refractivity contribution in [1.29, 1.82) is 0 Å². The topological polar surface area (TPSA) is 78.9 Å². The Labute approximate surface area is 134 Å². The second-order valence-electron chi connectivity index (χ2n) is 5.22. The van der Waals surface area contributed by atoms with E-state index in [1.807, 2.05) is 25.1 Å². The van der Waals surface area contributed by atoms with Gasteiger partial charge in [0.25, 0.3) is 0 Å². The summed E-state index contributed by atoms with van der Waals surface area (Å²) >= 11 is 6.18. The zero-order valence-electron chi connectivity index (χ0n) is 12.3. The molecule has 2 amide bonds. The van der Waals surface area contributed by atoms with Gasteiger partial charge in [-0.05, 0) is 13.0 Å². The molecule has 0 aliphatic carbocycles. The molecule has 120 valence electrons. The third kappa shape index (κ3) is 4.11. The standard InChI is InChI=1S/C15H19ClN2O4/c1-10-9-22-13(11-4-2-3-5-12(11)16)8-18(10)15(21)17-7-6-14(19)20/h2-5,10,13H,6-9H2,1H3,(H,17,21)(H,19,20). The second kappa shape index (κ2) is 7.47. The normalized spacial score (nSPS) is 21.5. The van der Waals surface area contributed by atoms with Gasteiger partial charge in [-0.15, -0.1) is 0 Å². The monoisotopic (exact) mass is 326 g/mol. The largest absolute Gasteiger partial charge is 0.481 e. The lowest BCUT2D eigenvalue weighted by Crippen LogP contribution is -2.52. The van der Waals surface area contributed by atoms with Crippen LogP contribution in [-0.4, -0.2) is 47.7 Å². The first kappa shape index (κ1) is 16.6. The molecule has 1 aromatic rings. The Hall–Kier alpha value is -1.79. The number of benzene rings is 1. The Balaban J connectivity index is 2.00. The molecular weight excluding hydrogens is 308 g/mol. The summed E-state index contributed by atoms with van der Waals surface area (Å²) in [6.07, 6.45) is -0.381. The number of rotatable bonds is 4. The van der Waals surface area contributed by atoms with E-state index in [0.29, 0.717) is 18.2 Å². The maximum absolute atomic E-state index is 12.2. The Bertz CT molecular complexity index is 552. The number of hydrogen-bond donors (Lipinski definition) is 2. The lowest BCUT2D eigenvalue weighted by Gasteiger charge is -2.38. The van der Waals surface area contributed by atoms with Crippen LogP contribution in [0.2, 0.25) is 5.02 Å². The van der Waals surface area contributed by atoms with Crippen LogP contribution in [0.25, 0.3) is 0 Å². The average molecular weight is 327 g/mol. The fraction of sp³-hybridized carbons (Fsp3) is 0.467. The molecule has 2 unspecified atom stereocenters. The molecule has 0 radical (unpaired) electrons. The number of carboxylic acids is 1. The highest BCUT2D eigenvalue weighted by Crippen LogP contribution is 2.29. The lowest BCUT2D eigenvalue weighted by molar-refractivity contribution is -0.136. The fourth-order valence-corrected chi connectivity index (χ4v) is 2.60. The Kier molecular flexibility index (Phi) is 5.63. The lowest BCUT2D eigenvalue weighted by atomic mass is 10.1. The van der Waals surface area contributed by atoms with Gasteiger partial charge in [-0.2, -0.15) is 0 Å². The molecule has 1 heterocycles. The molecule has 0 bridgehead atoms. The Morgan fingerprint density at radius 1 is 1.45 bits per heavy atom. The molecule has 2 atom stereocenters. The van der Waals surface area contributed by atoms with Gasteiger partial charge in [0.2, 0.25) is 0 Å². The minimum Gasteiger partial charge on any atom is -0.481 e. The van der Waals surface area contributed by atoms with Gasteiger partial charge in [-0.3, -0.25) is 4.79 Å². The minimum atomic E-state index is -0.940. The number of nitrogens with one attached hydrogen (secondary N) is 1. The first-order valence-electron chi connectivity index (χ1n) is 7.11. The van der Waals surface area contributed by atoms with Crippen LogP contribution in [0.15, 0.2) is 24.3 Å². The number of carbonyl (C=O) groups is 2. The summed E-state index contributed by atoms with van der Waals surface area (Å²) in [6, 6.07) is 7.02. The van der Waals surface area contributed by atoms with Crippen molar-refractivity contribution in [2.45, 2.75) is 25.5 Å². The predicted molar refractivity (Wildman–Crippen MR) is 82.0 cm³/mol. The molecular formula is C15H19ClN2O4. The Morgan fingerprint density at radius 2 is 2.18 bits per heavy atom. The van der Waals surface area contributed by atoms with E-state index in [9.17, 15) is 9.59 Å². The number of nitrogens with zero attached hydrogens (tertiary/aromatic N) is 1. The molecule has 6 nitrogen and oxygen atoms in total. The molecule has 0 saturated carbocycles. The van der Waals surface area contributed by atoms with Crippen LogP contribution in [0, 0.1) is 0 Å². The number of urea groups is 1. The average Bonchev–Trinajstić information content (AvgIpc) is 2.48. The van der Waals surface area contributed by atoms with Crippen LogP contribution < -0.4 is 5.32 Å². The zero-order valence-corrected chi connectivity index (χ0v) is 13.0. The number of halogens is 1. The van der Waals surface area contributed by atoms with E-state index in [0.717, 1.165) is 5.56 Å². The summed E-state index contributed by atoms with van der Waals surface area (Å²) in [5, 5.41) is 11.8. The molecule has 7 heteroatoms. The first-order chi connectivity index (χ1) is 10.5. The van der Waals surface area contributed by atoms with Gasteiger partial charge in [-0.25, -0.2) is 4.79 Å². The number of hydrogen-bond acceptors (Lipinski definition) is 3. The number of morpholine rings is 1. The van der Waals surface area contributed by atoms with Crippen molar-refractivity contribution in [3.63, 3.8) is 0 Å². The van der Waals surface area contributed by atoms with Crippen LogP contribution in [0.4, 0.5) is 4.79 Å². The van der Waals surface area contributed by atoms with E-state index in [-0.39, 0.29) is 31.1 Å². The van der Waals surface area contributed by atoms with Crippen molar-refractivity contribution < 1.29 is 19.4 Å². The van der Waals surface area contributed by atoms with Crippen molar-refractivity contribution in [2.75, 3.05) is 19.7 Å². The molecule has 1 aliphatic rings. The van der Waals surface area contributed by atoms with Crippen LogP contribution >= 0.6 is 11.6 Å². The maximum Gasteiger partial charge on any atom is 0.317 e. The predicted octanol–water partition coefficient (Wildman–Crippen LogP) is 2.29. The molecule has 1 fully saturated rings. The summed E-state index contributed by atoms with van der Waals surface area (Å²) in [5.74, 6) is -0.940. The molecule has 2 N–H and O–H groups in total. The van der Waals surface area contributed by atoms with Crippen molar-refractivity contribution >= 4 is 23.6 Å². The van der Waals surface area contributed by atoms with E-state index < -0.39 is 5.97 Å². The number of carbonyl (C=O) groups excluding carboxylic acids is 1. The van der Waals surface area contributed by atoms with E-state index in [4.69, 9.17) is 21.4 Å². The molecule has 1 saturated heterocycles. The van der Waals surface area contributed by atoms with Crippen LogP contribution in [0.3, 0.4) is 0 Å². The molecule has 2 rings (SSSR count). The third-order valence-corrected chi connectivity index (χ3v) is 3.91. The number of aliphatic carboxylic acids is 1. The highest BCUT2D eigenvalue weighted by molar-refractivity contribution is 6.31. The Morgan fingerprint density at radius 3 is 2.86 bits per heavy atom. The summed E-state index contributed by atoms with van der Waals surface area (Å²) in [6.45, 7) is 2.78. The fourth-order valence-electron chi connectivity index (χ4n) is 2.34. The maximum atomic E-state index is 12.2. The number of ether oxygens (including phenoxy) is 1. The van der Waals surface area contributed by atoms with Gasteiger partial charge in [-0.1, -0.05) is 29.8 Å². The summed E-state index contributed by atoms with van der Waals surface area (Å²) in [7, 11) is 0. The minimum absolute atomic E-state index is 0.0800. The zero-order chi connectivity index (χ0) is 16.1. The van der Waals surface area contributed by atoms with Gasteiger partial charge < -0.3 is 20.1 Å². The summed E-state index contributed by atoms with van der Waals surface area (Å²) in [5.41, 5.74) is 0.847. The highest BCUT2D eigenvalue weighted by Gasteiger charge is 2.31. The van der Waals surface area contributed by atoms with Gasteiger partial charge in [0.05, 0.1) is 25.6 Å². The van der Waals surface area contributed by atoms with Crippen molar-refractivity contribution in [3.8, 4) is 0 Å². The van der Waals surface area contributed by atoms with Gasteiger partial charge in [0.1, 0.15) is 6.10 Å². The van der Waals surface area contributed by atoms with E-state index in [1.54, 1.807) is 11.0 Å². The number of amides is 2. The first-order valence-corrected chi connectivity index (χ1v) is 7.49. The second-order valence-corrected chi connectivity index (χ2v) is 5.63. The molecule has 1 aromatic carbocycles. The van der Waals surface area contributed by atoms with Crippen LogP contribution in [0.5, 0.6) is 0 Å². The third-order valence-electron chi connectivity index (χ3n) is 3.56. The summed E-state index contributed by atoms with van der Waals surface area (Å²) < 4.78 is 5.78. The van der Waals surface area contributed by atoms with Crippen molar-refractivity contribution in [3.05, 3.63) is 34.9 Å². The van der Waals surface area contributed by atoms with Crippen LogP contribution in [-0.2, 0) is 9.53 Å². The van der Waals surface area contributed by atoms with E-state index in [2.05, 4.69) is 5.32 Å².